The zero-order chi connectivity index (χ0) is 13.6. The molecule has 1 aliphatic heterocycles. The van der Waals surface area contributed by atoms with E-state index in [9.17, 15) is 9.90 Å². The smallest absolute Gasteiger partial charge is 0.407 e. The molecule has 5 nitrogen and oxygen atoms in total. The van der Waals surface area contributed by atoms with E-state index in [1.807, 2.05) is 18.2 Å². The minimum absolute atomic E-state index is 0.123. The fourth-order valence-corrected chi connectivity index (χ4v) is 1.54. The SMILES string of the molecule is CC(C)(C)OC(=O)N[C@H](CO)CC1=CC=CCN1. The lowest BCUT2D eigenvalue weighted by Crippen LogP contribution is -2.42. The number of hydrogen-bond donors (Lipinski definition) is 3. The molecule has 0 saturated heterocycles. The lowest BCUT2D eigenvalue weighted by atomic mass is 10.1. The van der Waals surface area contributed by atoms with Gasteiger partial charge in [-0.3, -0.25) is 0 Å². The summed E-state index contributed by atoms with van der Waals surface area (Å²) in [6.45, 7) is 6.06. The summed E-state index contributed by atoms with van der Waals surface area (Å²) >= 11 is 0. The van der Waals surface area contributed by atoms with Crippen molar-refractivity contribution in [2.75, 3.05) is 13.2 Å². The number of alkyl carbamates (subject to hydrolysis) is 1. The Morgan fingerprint density at radius 3 is 2.83 bits per heavy atom. The van der Waals surface area contributed by atoms with E-state index >= 15 is 0 Å². The fourth-order valence-electron chi connectivity index (χ4n) is 1.54. The first-order chi connectivity index (χ1) is 8.40. The highest BCUT2D eigenvalue weighted by Gasteiger charge is 2.19. The highest BCUT2D eigenvalue weighted by atomic mass is 16.6. The number of ether oxygens (including phenoxy) is 1. The quantitative estimate of drug-likeness (QED) is 0.707. The van der Waals surface area contributed by atoms with Crippen LogP contribution >= 0.6 is 0 Å². The van der Waals surface area contributed by atoms with Crippen LogP contribution in [-0.4, -0.2) is 36.0 Å². The van der Waals surface area contributed by atoms with Crippen molar-refractivity contribution in [3.8, 4) is 0 Å². The van der Waals surface area contributed by atoms with Crippen LogP contribution in [0.5, 0.6) is 0 Å². The number of aliphatic hydroxyl groups is 1. The number of hydrogen-bond acceptors (Lipinski definition) is 4. The standard InChI is InChI=1S/C13H22N2O3/c1-13(2,3)18-12(17)15-11(9-16)8-10-6-4-5-7-14-10/h4-6,11,14,16H,7-9H2,1-3H3,(H,15,17)/t11-/m0/s1. The summed E-state index contributed by atoms with van der Waals surface area (Å²) in [6.07, 6.45) is 5.93. The predicted molar refractivity (Wildman–Crippen MR) is 70.1 cm³/mol. The van der Waals surface area contributed by atoms with E-state index in [1.165, 1.54) is 0 Å². The third-order valence-corrected chi connectivity index (χ3v) is 2.29. The molecule has 18 heavy (non-hydrogen) atoms. The molecule has 1 aliphatic rings. The first kappa shape index (κ1) is 14.6. The van der Waals surface area contributed by atoms with E-state index < -0.39 is 11.7 Å². The van der Waals surface area contributed by atoms with Crippen molar-refractivity contribution in [2.24, 2.45) is 0 Å². The van der Waals surface area contributed by atoms with Crippen LogP contribution in [0.15, 0.2) is 23.9 Å². The highest BCUT2D eigenvalue weighted by Crippen LogP contribution is 2.09. The van der Waals surface area contributed by atoms with Gasteiger partial charge in [0.1, 0.15) is 5.60 Å². The molecule has 1 heterocycles. The molecule has 1 rings (SSSR count). The monoisotopic (exact) mass is 254 g/mol. The van der Waals surface area contributed by atoms with E-state index in [4.69, 9.17) is 4.74 Å². The summed E-state index contributed by atoms with van der Waals surface area (Å²) in [5, 5.41) is 15.1. The Balaban J connectivity index is 2.44. The third kappa shape index (κ3) is 5.72. The number of allylic oxidation sites excluding steroid dienone is 2. The Kier molecular flexibility index (Phi) is 5.22. The van der Waals surface area contributed by atoms with Crippen LogP contribution in [0.2, 0.25) is 0 Å². The molecule has 0 unspecified atom stereocenters. The minimum atomic E-state index is -0.533. The van der Waals surface area contributed by atoms with Gasteiger partial charge in [0.25, 0.3) is 0 Å². The van der Waals surface area contributed by atoms with Gasteiger partial charge in [0.15, 0.2) is 0 Å². The molecule has 0 aliphatic carbocycles. The number of aliphatic hydroxyl groups excluding tert-OH is 1. The molecule has 0 aromatic heterocycles. The molecule has 1 amide bonds. The van der Waals surface area contributed by atoms with Crippen molar-refractivity contribution in [2.45, 2.75) is 38.8 Å². The first-order valence-corrected chi connectivity index (χ1v) is 6.10. The van der Waals surface area contributed by atoms with Gasteiger partial charge in [-0.2, -0.15) is 0 Å². The zero-order valence-electron chi connectivity index (χ0n) is 11.2. The molecular formula is C13H22N2O3. The fraction of sp³-hybridized carbons (Fsp3) is 0.615. The lowest BCUT2D eigenvalue weighted by Gasteiger charge is -2.23. The average molecular weight is 254 g/mol. The van der Waals surface area contributed by atoms with Gasteiger partial charge in [0.2, 0.25) is 0 Å². The topological polar surface area (TPSA) is 70.6 Å². The highest BCUT2D eigenvalue weighted by molar-refractivity contribution is 5.68. The van der Waals surface area contributed by atoms with Crippen LogP contribution in [-0.2, 0) is 4.74 Å². The normalized spacial score (nSPS) is 16.6. The molecule has 0 aromatic carbocycles. The Morgan fingerprint density at radius 1 is 1.61 bits per heavy atom. The van der Waals surface area contributed by atoms with Gasteiger partial charge in [-0.05, 0) is 26.8 Å². The molecule has 0 spiro atoms. The van der Waals surface area contributed by atoms with E-state index in [1.54, 1.807) is 20.8 Å². The number of amides is 1. The van der Waals surface area contributed by atoms with Crippen molar-refractivity contribution >= 4 is 6.09 Å². The summed E-state index contributed by atoms with van der Waals surface area (Å²) in [7, 11) is 0. The Bertz CT molecular complexity index is 343. The summed E-state index contributed by atoms with van der Waals surface area (Å²) in [6, 6.07) is -0.343. The van der Waals surface area contributed by atoms with Crippen molar-refractivity contribution in [1.29, 1.82) is 0 Å². The molecule has 1 atom stereocenters. The van der Waals surface area contributed by atoms with Gasteiger partial charge in [0.05, 0.1) is 12.6 Å². The van der Waals surface area contributed by atoms with Crippen LogP contribution in [0.1, 0.15) is 27.2 Å². The second-order valence-corrected chi connectivity index (χ2v) is 5.23. The second kappa shape index (κ2) is 6.44. The Morgan fingerprint density at radius 2 is 2.33 bits per heavy atom. The predicted octanol–water partition coefficient (Wildman–Crippen LogP) is 1.31. The van der Waals surface area contributed by atoms with E-state index in [2.05, 4.69) is 10.6 Å². The summed E-state index contributed by atoms with van der Waals surface area (Å²) in [5.41, 5.74) is 0.461. The van der Waals surface area contributed by atoms with Gasteiger partial charge < -0.3 is 20.5 Å². The third-order valence-electron chi connectivity index (χ3n) is 2.29. The molecule has 0 bridgehead atoms. The summed E-state index contributed by atoms with van der Waals surface area (Å²) in [4.78, 5) is 11.6. The number of carbonyl (C=O) groups is 1. The van der Waals surface area contributed by atoms with Crippen LogP contribution in [0.25, 0.3) is 0 Å². The van der Waals surface area contributed by atoms with Crippen molar-refractivity contribution in [1.82, 2.24) is 10.6 Å². The molecule has 0 aromatic rings. The van der Waals surface area contributed by atoms with Crippen LogP contribution in [0, 0.1) is 0 Å². The van der Waals surface area contributed by atoms with Gasteiger partial charge in [0, 0.05) is 18.7 Å². The van der Waals surface area contributed by atoms with Gasteiger partial charge in [-0.25, -0.2) is 4.79 Å². The van der Waals surface area contributed by atoms with Crippen molar-refractivity contribution in [3.63, 3.8) is 0 Å². The number of carbonyl (C=O) groups excluding carboxylic acids is 1. The first-order valence-electron chi connectivity index (χ1n) is 6.10. The second-order valence-electron chi connectivity index (χ2n) is 5.23. The largest absolute Gasteiger partial charge is 0.444 e. The van der Waals surface area contributed by atoms with Crippen molar-refractivity contribution < 1.29 is 14.6 Å². The number of nitrogens with one attached hydrogen (secondary N) is 2. The zero-order valence-corrected chi connectivity index (χ0v) is 11.2. The molecule has 0 radical (unpaired) electrons. The lowest BCUT2D eigenvalue weighted by molar-refractivity contribution is 0.0482. The van der Waals surface area contributed by atoms with Crippen LogP contribution in [0.4, 0.5) is 4.79 Å². The van der Waals surface area contributed by atoms with Crippen molar-refractivity contribution in [3.05, 3.63) is 23.9 Å². The van der Waals surface area contributed by atoms with Crippen LogP contribution in [0.3, 0.4) is 0 Å². The molecule has 102 valence electrons. The maximum absolute atomic E-state index is 11.6. The summed E-state index contributed by atoms with van der Waals surface area (Å²) < 4.78 is 5.14. The van der Waals surface area contributed by atoms with Crippen LogP contribution < -0.4 is 10.6 Å². The number of rotatable bonds is 4. The molecule has 5 heteroatoms. The van der Waals surface area contributed by atoms with Gasteiger partial charge in [-0.15, -0.1) is 0 Å². The maximum Gasteiger partial charge on any atom is 0.407 e. The van der Waals surface area contributed by atoms with E-state index in [-0.39, 0.29) is 12.6 Å². The molecule has 3 N–H and O–H groups in total. The molecular weight excluding hydrogens is 232 g/mol. The Hall–Kier alpha value is -1.49. The molecule has 0 fully saturated rings. The number of dihydropyridines is 1. The molecule has 0 saturated carbocycles. The average Bonchev–Trinajstić information content (AvgIpc) is 2.27. The Labute approximate surface area is 108 Å². The summed E-state index contributed by atoms with van der Waals surface area (Å²) in [5.74, 6) is 0. The van der Waals surface area contributed by atoms with Gasteiger partial charge >= 0.3 is 6.09 Å². The van der Waals surface area contributed by atoms with E-state index in [0.717, 1.165) is 12.2 Å². The maximum atomic E-state index is 11.6. The minimum Gasteiger partial charge on any atom is -0.444 e. The van der Waals surface area contributed by atoms with Gasteiger partial charge in [-0.1, -0.05) is 12.2 Å². The van der Waals surface area contributed by atoms with E-state index in [0.29, 0.717) is 6.42 Å².